The van der Waals surface area contributed by atoms with Gasteiger partial charge in [-0.3, -0.25) is 4.79 Å². The van der Waals surface area contributed by atoms with E-state index in [1.54, 1.807) is 10.8 Å². The van der Waals surface area contributed by atoms with E-state index in [0.29, 0.717) is 11.7 Å². The Morgan fingerprint density at radius 1 is 1.02 bits per heavy atom. The van der Waals surface area contributed by atoms with Crippen LogP contribution in [0.4, 0.5) is 11.5 Å². The highest BCUT2D eigenvalue weighted by atomic mass is 16.5. The molecule has 10 nitrogen and oxygen atoms in total. The van der Waals surface area contributed by atoms with Crippen LogP contribution in [0.5, 0.6) is 11.5 Å². The van der Waals surface area contributed by atoms with Gasteiger partial charge in [0.05, 0.1) is 0 Å². The van der Waals surface area contributed by atoms with Gasteiger partial charge in [0, 0.05) is 37.2 Å². The van der Waals surface area contributed by atoms with Crippen molar-refractivity contribution in [2.75, 3.05) is 18.4 Å². The van der Waals surface area contributed by atoms with Gasteiger partial charge in [-0.1, -0.05) is 27.4 Å². The highest BCUT2D eigenvalue weighted by Gasteiger charge is 2.10. The lowest BCUT2D eigenvalue weighted by atomic mass is 10.1. The summed E-state index contributed by atoms with van der Waals surface area (Å²) in [7, 11) is 0. The molecule has 0 atom stereocenters. The van der Waals surface area contributed by atoms with Crippen molar-refractivity contribution in [1.29, 1.82) is 0 Å². The summed E-state index contributed by atoms with van der Waals surface area (Å²) in [6, 6.07) is 11.7. The fourth-order valence-electron chi connectivity index (χ4n) is 4.31. The van der Waals surface area contributed by atoms with Crippen LogP contribution in [0.2, 0.25) is 0 Å². The summed E-state index contributed by atoms with van der Waals surface area (Å²) in [6.07, 6.45) is 10.3. The van der Waals surface area contributed by atoms with Crippen LogP contribution >= 0.6 is 0 Å². The molecule has 0 aliphatic rings. The number of nitrogens with zero attached hydrogens (tertiary/aromatic N) is 7. The van der Waals surface area contributed by atoms with E-state index < -0.39 is 0 Å². The maximum atomic E-state index is 11.3. The smallest absolute Gasteiger partial charge is 0.245 e. The first-order valence-corrected chi connectivity index (χ1v) is 13.8. The fraction of sp³-hybridized carbons (Fsp3) is 0.323. The number of anilines is 2. The van der Waals surface area contributed by atoms with Gasteiger partial charge in [0.25, 0.3) is 0 Å². The van der Waals surface area contributed by atoms with Crippen LogP contribution in [0.3, 0.4) is 0 Å². The zero-order chi connectivity index (χ0) is 29.4. The van der Waals surface area contributed by atoms with Crippen LogP contribution < -0.4 is 10.1 Å². The number of hydrogen-bond donors (Lipinski definition) is 1. The van der Waals surface area contributed by atoms with Crippen molar-refractivity contribution < 1.29 is 9.53 Å². The van der Waals surface area contributed by atoms with E-state index in [-0.39, 0.29) is 5.91 Å². The van der Waals surface area contributed by atoms with Gasteiger partial charge in [0.1, 0.15) is 29.7 Å². The van der Waals surface area contributed by atoms with Gasteiger partial charge < -0.3 is 15.0 Å². The molecule has 1 amide bonds. The Morgan fingerprint density at radius 2 is 1.78 bits per heavy atom. The van der Waals surface area contributed by atoms with Crippen LogP contribution in [0, 0.1) is 19.8 Å². The molecule has 0 radical (unpaired) electrons. The number of pyridine rings is 1. The number of hydrogen-bond acceptors (Lipinski definition) is 7. The minimum Gasteiger partial charge on any atom is -0.457 e. The Labute approximate surface area is 240 Å². The molecule has 1 aromatic carbocycles. The van der Waals surface area contributed by atoms with Crippen LogP contribution in [-0.2, 0) is 4.79 Å². The zero-order valence-electron chi connectivity index (χ0n) is 24.4. The van der Waals surface area contributed by atoms with Crippen molar-refractivity contribution in [2.24, 2.45) is 5.92 Å². The van der Waals surface area contributed by atoms with Gasteiger partial charge >= 0.3 is 0 Å². The molecule has 41 heavy (non-hydrogen) atoms. The minimum atomic E-state index is 0.0579. The predicted octanol–water partition coefficient (Wildman–Crippen LogP) is 6.38. The van der Waals surface area contributed by atoms with Gasteiger partial charge in [-0.05, 0) is 80.1 Å². The Hall–Kier alpha value is -4.73. The lowest BCUT2D eigenvalue weighted by molar-refractivity contribution is -0.126. The number of nitrogens with one attached hydrogen (secondary N) is 1. The lowest BCUT2D eigenvalue weighted by Crippen LogP contribution is -2.31. The van der Waals surface area contributed by atoms with Crippen molar-refractivity contribution in [3.05, 3.63) is 85.2 Å². The Balaban J connectivity index is 0.000000254. The highest BCUT2D eigenvalue weighted by Crippen LogP contribution is 2.29. The third-order valence-electron chi connectivity index (χ3n) is 6.53. The number of aromatic nitrogens is 6. The maximum absolute atomic E-state index is 11.3. The fourth-order valence-corrected chi connectivity index (χ4v) is 4.31. The molecule has 0 fully saturated rings. The molecule has 0 saturated heterocycles. The summed E-state index contributed by atoms with van der Waals surface area (Å²) in [5, 5.41) is 11.7. The first-order valence-electron chi connectivity index (χ1n) is 13.8. The predicted molar refractivity (Wildman–Crippen MR) is 162 cm³/mol. The van der Waals surface area contributed by atoms with E-state index in [4.69, 9.17) is 4.74 Å². The summed E-state index contributed by atoms with van der Waals surface area (Å²) in [5.74, 6) is 2.97. The highest BCUT2D eigenvalue weighted by molar-refractivity contribution is 5.86. The molecule has 5 rings (SSSR count). The van der Waals surface area contributed by atoms with Gasteiger partial charge in [0.2, 0.25) is 5.91 Å². The number of rotatable bonds is 10. The van der Waals surface area contributed by atoms with E-state index >= 15 is 0 Å². The molecule has 0 saturated carbocycles. The Bertz CT molecular complexity index is 1620. The van der Waals surface area contributed by atoms with Crippen LogP contribution in [0.15, 0.2) is 74.1 Å². The molecule has 0 bridgehead atoms. The molecule has 1 N–H and O–H groups in total. The summed E-state index contributed by atoms with van der Waals surface area (Å²) in [4.78, 5) is 21.8. The molecule has 5 aromatic rings. The van der Waals surface area contributed by atoms with Crippen molar-refractivity contribution >= 4 is 28.6 Å². The van der Waals surface area contributed by atoms with Crippen LogP contribution in [0.1, 0.15) is 44.7 Å². The molecule has 0 aliphatic heterocycles. The summed E-state index contributed by atoms with van der Waals surface area (Å²) >= 11 is 0. The quantitative estimate of drug-likeness (QED) is 0.200. The molecule has 0 unspecified atom stereocenters. The normalized spacial score (nSPS) is 10.9. The van der Waals surface area contributed by atoms with Crippen LogP contribution in [-0.4, -0.2) is 53.1 Å². The molecular formula is C31H38N8O2. The number of benzene rings is 1. The van der Waals surface area contributed by atoms with Gasteiger partial charge in [-0.15, -0.1) is 0 Å². The number of carbonyl (C=O) groups is 1. The average molecular weight is 555 g/mol. The minimum absolute atomic E-state index is 0.0579. The lowest BCUT2D eigenvalue weighted by Gasteiger charge is -2.21. The second kappa shape index (κ2) is 13.6. The first kappa shape index (κ1) is 29.3. The molecule has 4 aromatic heterocycles. The molecule has 10 heteroatoms. The van der Waals surface area contributed by atoms with E-state index in [1.807, 2.05) is 72.1 Å². The van der Waals surface area contributed by atoms with Gasteiger partial charge in [-0.25, -0.2) is 19.0 Å². The number of fused-ring (bicyclic) bond motifs is 2. The topological polar surface area (TPSA) is 102 Å². The largest absolute Gasteiger partial charge is 0.457 e. The van der Waals surface area contributed by atoms with Crippen molar-refractivity contribution in [1.82, 2.24) is 34.1 Å². The van der Waals surface area contributed by atoms with E-state index in [2.05, 4.69) is 52.8 Å². The third-order valence-corrected chi connectivity index (χ3v) is 6.53. The van der Waals surface area contributed by atoms with Crippen molar-refractivity contribution in [3.8, 4) is 11.5 Å². The summed E-state index contributed by atoms with van der Waals surface area (Å²) < 4.78 is 9.54. The number of amides is 1. The second-order valence-electron chi connectivity index (χ2n) is 10.2. The van der Waals surface area contributed by atoms with Crippen molar-refractivity contribution in [2.45, 2.75) is 47.5 Å². The summed E-state index contributed by atoms with van der Waals surface area (Å²) in [5.41, 5.74) is 4.75. The monoisotopic (exact) mass is 554 g/mol. The van der Waals surface area contributed by atoms with Gasteiger partial charge in [-0.2, -0.15) is 10.2 Å². The van der Waals surface area contributed by atoms with E-state index in [9.17, 15) is 4.79 Å². The SMILES string of the molecule is C=CC(=O)N(CCC)CCC(C)C.Cc1cc(Nc2ncnn3ccc(C)c23)ccc1Oc1ccn2ncnc2c1. The summed E-state index contributed by atoms with van der Waals surface area (Å²) in [6.45, 7) is 15.7. The second-order valence-corrected chi connectivity index (χ2v) is 10.2. The molecule has 0 spiro atoms. The van der Waals surface area contributed by atoms with Crippen LogP contribution in [0.25, 0.3) is 11.2 Å². The first-order chi connectivity index (χ1) is 19.8. The Kier molecular flexibility index (Phi) is 9.68. The van der Waals surface area contributed by atoms with Gasteiger partial charge in [0.15, 0.2) is 11.5 Å². The standard InChI is InChI=1S/C20H17N7O.C11H21NO/c1-13-5-7-27-19(13)20(22-12-24-27)25-15-3-4-17(14(2)9-15)28-16-6-8-26-18(10-16)21-11-23-26;1-5-8-12(11(13)6-2)9-7-10(3)4/h3-12H,1-2H3,(H,22,24,25);6,10H,2,5,7-9H2,1,3-4H3. The molecule has 4 heterocycles. The third kappa shape index (κ3) is 7.47. The van der Waals surface area contributed by atoms with E-state index in [0.717, 1.165) is 65.5 Å². The number of ether oxygens (including phenoxy) is 1. The van der Waals surface area contributed by atoms with Crippen molar-refractivity contribution in [3.63, 3.8) is 0 Å². The van der Waals surface area contributed by atoms with E-state index in [1.165, 1.54) is 12.4 Å². The average Bonchev–Trinajstić information content (AvgIpc) is 3.59. The number of carbonyl (C=O) groups excluding carboxylic acids is 1. The Morgan fingerprint density at radius 3 is 2.51 bits per heavy atom. The molecule has 214 valence electrons. The zero-order valence-corrected chi connectivity index (χ0v) is 24.4. The molecular weight excluding hydrogens is 516 g/mol. The number of aryl methyl sites for hydroxylation is 2. The molecule has 0 aliphatic carbocycles. The maximum Gasteiger partial charge on any atom is 0.245 e.